The third kappa shape index (κ3) is 10.0. The highest BCUT2D eigenvalue weighted by atomic mass is 35.5. The van der Waals surface area contributed by atoms with E-state index in [4.69, 9.17) is 27.9 Å². The van der Waals surface area contributed by atoms with Crippen molar-refractivity contribution < 1.29 is 32.2 Å². The normalized spacial score (nSPS) is 11.3. The molecule has 0 saturated heterocycles. The second-order valence-corrected chi connectivity index (χ2v) is 7.97. The second-order valence-electron chi connectivity index (χ2n) is 7.16. The van der Waals surface area contributed by atoms with Crippen LogP contribution in [0.4, 0.5) is 13.2 Å². The van der Waals surface area contributed by atoms with Crippen molar-refractivity contribution in [1.29, 1.82) is 0 Å². The minimum absolute atomic E-state index is 0.121. The first kappa shape index (κ1) is 27.0. The number of rotatable bonds is 12. The van der Waals surface area contributed by atoms with Crippen LogP contribution in [0.5, 0.6) is 5.75 Å². The van der Waals surface area contributed by atoms with E-state index in [2.05, 4.69) is 10.1 Å². The van der Waals surface area contributed by atoms with Crippen LogP contribution >= 0.6 is 23.2 Å². The lowest BCUT2D eigenvalue weighted by molar-refractivity contribution is -0.201. The van der Waals surface area contributed by atoms with Crippen LogP contribution in [0.2, 0.25) is 10.0 Å². The molecule has 0 amide bonds. The number of hydrogen-bond acceptors (Lipinski definition) is 5. The SMILES string of the molecule is O=C(CCNCCCc1ccc(OCCCc2c(Cl)cccc2Cl)cc1)OC(=O)C(F)(F)F. The molecule has 0 spiro atoms. The Labute approximate surface area is 200 Å². The van der Waals surface area contributed by atoms with Crippen LogP contribution in [-0.2, 0) is 27.2 Å². The third-order valence-electron chi connectivity index (χ3n) is 4.59. The van der Waals surface area contributed by atoms with Gasteiger partial charge in [-0.3, -0.25) is 4.79 Å². The van der Waals surface area contributed by atoms with Crippen molar-refractivity contribution in [2.75, 3.05) is 19.7 Å². The molecule has 180 valence electrons. The van der Waals surface area contributed by atoms with Crippen LogP contribution < -0.4 is 10.1 Å². The number of benzene rings is 2. The molecule has 5 nitrogen and oxygen atoms in total. The largest absolute Gasteiger partial charge is 0.494 e. The summed E-state index contributed by atoms with van der Waals surface area (Å²) in [5.41, 5.74) is 2.02. The fourth-order valence-corrected chi connectivity index (χ4v) is 3.49. The predicted molar refractivity (Wildman–Crippen MR) is 120 cm³/mol. The van der Waals surface area contributed by atoms with Gasteiger partial charge in [0, 0.05) is 16.6 Å². The highest BCUT2D eigenvalue weighted by Crippen LogP contribution is 2.25. The number of carbonyl (C=O) groups excluding carboxylic acids is 2. The van der Waals surface area contributed by atoms with Gasteiger partial charge in [-0.05, 0) is 67.6 Å². The summed E-state index contributed by atoms with van der Waals surface area (Å²) in [5, 5.41) is 4.23. The van der Waals surface area contributed by atoms with Gasteiger partial charge in [-0.1, -0.05) is 41.4 Å². The molecule has 0 radical (unpaired) electrons. The molecule has 0 aromatic heterocycles. The number of nitrogens with one attached hydrogen (secondary N) is 1. The van der Waals surface area contributed by atoms with Crippen molar-refractivity contribution in [3.63, 3.8) is 0 Å². The first-order valence-electron chi connectivity index (χ1n) is 10.3. The molecule has 0 fully saturated rings. The first-order valence-corrected chi connectivity index (χ1v) is 11.1. The summed E-state index contributed by atoms with van der Waals surface area (Å²) < 4.78 is 45.4. The Morgan fingerprint density at radius 3 is 2.21 bits per heavy atom. The molecule has 2 aromatic rings. The minimum Gasteiger partial charge on any atom is -0.494 e. The van der Waals surface area contributed by atoms with E-state index in [9.17, 15) is 22.8 Å². The Balaban J connectivity index is 1.57. The van der Waals surface area contributed by atoms with Crippen LogP contribution in [0, 0.1) is 0 Å². The highest BCUT2D eigenvalue weighted by molar-refractivity contribution is 6.35. The number of esters is 2. The summed E-state index contributed by atoms with van der Waals surface area (Å²) in [7, 11) is 0. The topological polar surface area (TPSA) is 64.6 Å². The standard InChI is InChI=1S/C23H24Cl2F3NO4/c24-19-6-1-7-20(25)18(19)5-3-15-32-17-10-8-16(9-11-17)4-2-13-29-14-12-21(30)33-22(31)23(26,27)28/h1,6-11,29H,2-5,12-15H2. The molecule has 0 unspecified atom stereocenters. The van der Waals surface area contributed by atoms with Crippen LogP contribution in [-0.4, -0.2) is 37.8 Å². The fourth-order valence-electron chi connectivity index (χ4n) is 2.91. The lowest BCUT2D eigenvalue weighted by Crippen LogP contribution is -2.29. The summed E-state index contributed by atoms with van der Waals surface area (Å²) in [5.74, 6) is -2.95. The van der Waals surface area contributed by atoms with E-state index < -0.39 is 18.1 Å². The molecule has 1 N–H and O–H groups in total. The molecular formula is C23H24Cl2F3NO4. The number of halogens is 5. The van der Waals surface area contributed by atoms with E-state index in [0.29, 0.717) is 23.2 Å². The van der Waals surface area contributed by atoms with Gasteiger partial charge in [0.1, 0.15) is 5.75 Å². The monoisotopic (exact) mass is 505 g/mol. The van der Waals surface area contributed by atoms with Crippen LogP contribution in [0.15, 0.2) is 42.5 Å². The first-order chi connectivity index (χ1) is 15.7. The van der Waals surface area contributed by atoms with E-state index >= 15 is 0 Å². The highest BCUT2D eigenvalue weighted by Gasteiger charge is 2.42. The molecular weight excluding hydrogens is 482 g/mol. The molecule has 0 aliphatic rings. The molecule has 0 aliphatic heterocycles. The molecule has 0 saturated carbocycles. The Morgan fingerprint density at radius 1 is 0.909 bits per heavy atom. The summed E-state index contributed by atoms with van der Waals surface area (Å²) >= 11 is 12.3. The fraction of sp³-hybridized carbons (Fsp3) is 0.391. The van der Waals surface area contributed by atoms with E-state index in [-0.39, 0.29) is 13.0 Å². The van der Waals surface area contributed by atoms with Gasteiger partial charge in [-0.2, -0.15) is 13.2 Å². The molecule has 10 heteroatoms. The Kier molecular flexibility index (Phi) is 11.0. The zero-order valence-corrected chi connectivity index (χ0v) is 19.2. The molecule has 0 atom stereocenters. The van der Waals surface area contributed by atoms with Crippen molar-refractivity contribution in [2.24, 2.45) is 0 Å². The lowest BCUT2D eigenvalue weighted by atomic mass is 10.1. The average Bonchev–Trinajstić information content (AvgIpc) is 2.75. The van der Waals surface area contributed by atoms with E-state index in [1.54, 1.807) is 0 Å². The smallest absolute Gasteiger partial charge is 0.491 e. The van der Waals surface area contributed by atoms with Crippen molar-refractivity contribution in [2.45, 2.75) is 38.3 Å². The number of carbonyl (C=O) groups is 2. The number of aryl methyl sites for hydroxylation is 1. The molecule has 2 aromatic carbocycles. The van der Waals surface area contributed by atoms with Gasteiger partial charge in [-0.15, -0.1) is 0 Å². The zero-order chi connectivity index (χ0) is 24.3. The molecule has 0 heterocycles. The Morgan fingerprint density at radius 2 is 1.58 bits per heavy atom. The van der Waals surface area contributed by atoms with Crippen molar-refractivity contribution in [3.8, 4) is 5.75 Å². The van der Waals surface area contributed by atoms with Crippen LogP contribution in [0.25, 0.3) is 0 Å². The minimum atomic E-state index is -5.17. The van der Waals surface area contributed by atoms with Crippen LogP contribution in [0.3, 0.4) is 0 Å². The maximum atomic E-state index is 12.0. The number of alkyl halides is 3. The van der Waals surface area contributed by atoms with Crippen molar-refractivity contribution >= 4 is 35.1 Å². The summed E-state index contributed by atoms with van der Waals surface area (Å²) in [6.45, 7) is 1.21. The lowest BCUT2D eigenvalue weighted by Gasteiger charge is -2.09. The van der Waals surface area contributed by atoms with Crippen LogP contribution in [0.1, 0.15) is 30.4 Å². The second kappa shape index (κ2) is 13.4. The van der Waals surface area contributed by atoms with Gasteiger partial charge >= 0.3 is 18.1 Å². The van der Waals surface area contributed by atoms with Gasteiger partial charge in [0.2, 0.25) is 0 Å². The predicted octanol–water partition coefficient (Wildman–Crippen LogP) is 5.55. The van der Waals surface area contributed by atoms with E-state index in [0.717, 1.165) is 42.6 Å². The number of ether oxygens (including phenoxy) is 2. The van der Waals surface area contributed by atoms with Gasteiger partial charge in [0.25, 0.3) is 0 Å². The number of hydrogen-bond donors (Lipinski definition) is 1. The Hall–Kier alpha value is -2.29. The average molecular weight is 506 g/mol. The summed E-state index contributed by atoms with van der Waals surface area (Å²) in [6.07, 6.45) is -2.47. The maximum absolute atomic E-state index is 12.0. The Bertz CT molecular complexity index is 901. The van der Waals surface area contributed by atoms with Gasteiger partial charge in [0.05, 0.1) is 13.0 Å². The molecule has 33 heavy (non-hydrogen) atoms. The molecule has 2 rings (SSSR count). The third-order valence-corrected chi connectivity index (χ3v) is 5.30. The molecule has 0 bridgehead atoms. The quantitative estimate of drug-likeness (QED) is 0.232. The van der Waals surface area contributed by atoms with Crippen molar-refractivity contribution in [3.05, 3.63) is 63.6 Å². The summed E-state index contributed by atoms with van der Waals surface area (Å²) in [6, 6.07) is 13.1. The zero-order valence-electron chi connectivity index (χ0n) is 17.7. The molecule has 0 aliphatic carbocycles. The van der Waals surface area contributed by atoms with E-state index in [1.165, 1.54) is 0 Å². The van der Waals surface area contributed by atoms with Crippen molar-refractivity contribution in [1.82, 2.24) is 5.32 Å². The van der Waals surface area contributed by atoms with E-state index in [1.807, 2.05) is 42.5 Å². The van der Waals surface area contributed by atoms with Gasteiger partial charge in [-0.25, -0.2) is 4.79 Å². The van der Waals surface area contributed by atoms with Gasteiger partial charge < -0.3 is 14.8 Å². The van der Waals surface area contributed by atoms with Gasteiger partial charge in [0.15, 0.2) is 0 Å². The summed E-state index contributed by atoms with van der Waals surface area (Å²) in [4.78, 5) is 21.7. The maximum Gasteiger partial charge on any atom is 0.491 e.